The molecule has 0 saturated carbocycles. The fourth-order valence-electron chi connectivity index (χ4n) is 2.66. The highest BCUT2D eigenvalue weighted by molar-refractivity contribution is 5.44. The maximum atomic E-state index is 9.49. The monoisotopic (exact) mass is 293 g/mol. The Morgan fingerprint density at radius 2 is 1.86 bits per heavy atom. The van der Waals surface area contributed by atoms with Crippen molar-refractivity contribution in [1.29, 1.82) is 0 Å². The molecule has 2 N–H and O–H groups in total. The topological polar surface area (TPSA) is 50.7 Å². The molecular formula is C17H27NO3. The zero-order chi connectivity index (χ0) is 15.2. The molecule has 1 aliphatic rings. The van der Waals surface area contributed by atoms with Crippen molar-refractivity contribution < 1.29 is 14.6 Å². The molecule has 0 amide bonds. The fraction of sp³-hybridized carbons (Fsp3) is 0.647. The van der Waals surface area contributed by atoms with Gasteiger partial charge in [0.1, 0.15) is 0 Å². The van der Waals surface area contributed by atoms with E-state index in [0.29, 0.717) is 19.1 Å². The van der Waals surface area contributed by atoms with Gasteiger partial charge in [-0.3, -0.25) is 0 Å². The minimum Gasteiger partial charge on any atom is -0.490 e. The second-order valence-electron chi connectivity index (χ2n) is 6.15. The molecule has 118 valence electrons. The summed E-state index contributed by atoms with van der Waals surface area (Å²) in [4.78, 5) is 0. The summed E-state index contributed by atoms with van der Waals surface area (Å²) >= 11 is 0. The van der Waals surface area contributed by atoms with Gasteiger partial charge in [0, 0.05) is 18.5 Å². The van der Waals surface area contributed by atoms with Crippen molar-refractivity contribution in [2.45, 2.75) is 45.7 Å². The molecule has 1 aliphatic heterocycles. The van der Waals surface area contributed by atoms with E-state index in [9.17, 15) is 5.11 Å². The highest BCUT2D eigenvalue weighted by atomic mass is 16.5. The zero-order valence-corrected chi connectivity index (χ0v) is 13.3. The van der Waals surface area contributed by atoms with Crippen molar-refractivity contribution in [2.24, 2.45) is 5.92 Å². The molecule has 0 aromatic heterocycles. The first-order chi connectivity index (χ1) is 10.1. The summed E-state index contributed by atoms with van der Waals surface area (Å²) in [7, 11) is 0. The van der Waals surface area contributed by atoms with Crippen LogP contribution >= 0.6 is 0 Å². The van der Waals surface area contributed by atoms with Crippen molar-refractivity contribution in [3.63, 3.8) is 0 Å². The van der Waals surface area contributed by atoms with Crippen LogP contribution in [0.1, 0.15) is 45.2 Å². The van der Waals surface area contributed by atoms with Crippen molar-refractivity contribution in [3.05, 3.63) is 23.8 Å². The Labute approximate surface area is 127 Å². The summed E-state index contributed by atoms with van der Waals surface area (Å²) in [5, 5.41) is 13.0. The first kappa shape index (κ1) is 16.1. The zero-order valence-electron chi connectivity index (χ0n) is 13.3. The number of nitrogens with one attached hydrogen (secondary N) is 1. The average Bonchev–Trinajstić information content (AvgIpc) is 2.70. The van der Waals surface area contributed by atoms with Crippen LogP contribution in [-0.4, -0.2) is 31.0 Å². The molecule has 0 saturated heterocycles. The molecule has 2 rings (SSSR count). The van der Waals surface area contributed by atoms with E-state index in [0.717, 1.165) is 29.9 Å². The Hall–Kier alpha value is -1.26. The van der Waals surface area contributed by atoms with E-state index in [2.05, 4.69) is 32.2 Å². The van der Waals surface area contributed by atoms with E-state index in [1.165, 1.54) is 0 Å². The highest BCUT2D eigenvalue weighted by Crippen LogP contribution is 2.32. The number of aliphatic hydroxyl groups is 1. The van der Waals surface area contributed by atoms with Gasteiger partial charge in [-0.05, 0) is 37.0 Å². The fourth-order valence-corrected chi connectivity index (χ4v) is 2.66. The van der Waals surface area contributed by atoms with Crippen molar-refractivity contribution in [3.8, 4) is 11.5 Å². The lowest BCUT2D eigenvalue weighted by Crippen LogP contribution is -2.35. The molecule has 1 aromatic rings. The SMILES string of the molecule is CC(C)CC(CO)NC(C)c1ccc2c(c1)OCCCO2. The maximum Gasteiger partial charge on any atom is 0.161 e. The lowest BCUT2D eigenvalue weighted by atomic mass is 10.0. The van der Waals surface area contributed by atoms with E-state index < -0.39 is 0 Å². The molecule has 0 fully saturated rings. The third-order valence-electron chi connectivity index (χ3n) is 3.73. The first-order valence-corrected chi connectivity index (χ1v) is 7.86. The van der Waals surface area contributed by atoms with Crippen LogP contribution in [0.15, 0.2) is 18.2 Å². The molecule has 2 unspecified atom stereocenters. The van der Waals surface area contributed by atoms with Crippen LogP contribution in [0.3, 0.4) is 0 Å². The summed E-state index contributed by atoms with van der Waals surface area (Å²) in [6, 6.07) is 6.37. The minimum absolute atomic E-state index is 0.121. The molecule has 2 atom stereocenters. The average molecular weight is 293 g/mol. The van der Waals surface area contributed by atoms with E-state index in [1.54, 1.807) is 0 Å². The van der Waals surface area contributed by atoms with Crippen LogP contribution in [0.25, 0.3) is 0 Å². The molecular weight excluding hydrogens is 266 g/mol. The van der Waals surface area contributed by atoms with E-state index in [1.807, 2.05) is 12.1 Å². The normalized spacial score (nSPS) is 17.4. The number of aliphatic hydroxyl groups excluding tert-OH is 1. The van der Waals surface area contributed by atoms with Crippen molar-refractivity contribution in [1.82, 2.24) is 5.32 Å². The van der Waals surface area contributed by atoms with Crippen LogP contribution in [-0.2, 0) is 0 Å². The van der Waals surface area contributed by atoms with Crippen LogP contribution in [0.2, 0.25) is 0 Å². The summed E-state index contributed by atoms with van der Waals surface area (Å²) in [6.45, 7) is 8.02. The Bertz CT molecular complexity index is 448. The van der Waals surface area contributed by atoms with Gasteiger partial charge in [-0.15, -0.1) is 0 Å². The summed E-state index contributed by atoms with van der Waals surface area (Å²) in [5.41, 5.74) is 1.15. The van der Waals surface area contributed by atoms with Crippen molar-refractivity contribution >= 4 is 0 Å². The van der Waals surface area contributed by atoms with E-state index in [4.69, 9.17) is 9.47 Å². The van der Waals surface area contributed by atoms with Crippen LogP contribution < -0.4 is 14.8 Å². The standard InChI is InChI=1S/C17H27NO3/c1-12(2)9-15(11-19)18-13(3)14-5-6-16-17(10-14)21-8-4-7-20-16/h5-6,10,12-13,15,18-19H,4,7-9,11H2,1-3H3. The van der Waals surface area contributed by atoms with Gasteiger partial charge in [0.2, 0.25) is 0 Å². The molecule has 0 radical (unpaired) electrons. The summed E-state index contributed by atoms with van der Waals surface area (Å²) < 4.78 is 11.4. The van der Waals surface area contributed by atoms with Gasteiger partial charge >= 0.3 is 0 Å². The van der Waals surface area contributed by atoms with Gasteiger partial charge in [-0.25, -0.2) is 0 Å². The quantitative estimate of drug-likeness (QED) is 0.847. The van der Waals surface area contributed by atoms with Gasteiger partial charge in [0.15, 0.2) is 11.5 Å². The molecule has 0 bridgehead atoms. The number of ether oxygens (including phenoxy) is 2. The molecule has 4 nitrogen and oxygen atoms in total. The molecule has 4 heteroatoms. The molecule has 0 spiro atoms. The maximum absolute atomic E-state index is 9.49. The Kier molecular flexibility index (Phi) is 5.88. The predicted octanol–water partition coefficient (Wildman–Crippen LogP) is 2.91. The lowest BCUT2D eigenvalue weighted by Gasteiger charge is -2.24. The second-order valence-corrected chi connectivity index (χ2v) is 6.15. The third-order valence-corrected chi connectivity index (χ3v) is 3.73. The summed E-state index contributed by atoms with van der Waals surface area (Å²) in [5.74, 6) is 2.21. The summed E-state index contributed by atoms with van der Waals surface area (Å²) in [6.07, 6.45) is 1.88. The van der Waals surface area contributed by atoms with Crippen LogP contribution in [0.5, 0.6) is 11.5 Å². The van der Waals surface area contributed by atoms with Gasteiger partial charge in [0.05, 0.1) is 19.8 Å². The van der Waals surface area contributed by atoms with Gasteiger partial charge in [-0.2, -0.15) is 0 Å². The number of hydrogen-bond acceptors (Lipinski definition) is 4. The molecule has 21 heavy (non-hydrogen) atoms. The van der Waals surface area contributed by atoms with Crippen LogP contribution in [0.4, 0.5) is 0 Å². The molecule has 0 aliphatic carbocycles. The van der Waals surface area contributed by atoms with Gasteiger partial charge < -0.3 is 19.9 Å². The van der Waals surface area contributed by atoms with Gasteiger partial charge in [-0.1, -0.05) is 19.9 Å². The predicted molar refractivity (Wildman–Crippen MR) is 83.9 cm³/mol. The largest absolute Gasteiger partial charge is 0.490 e. The number of rotatable bonds is 6. The number of benzene rings is 1. The Morgan fingerprint density at radius 3 is 2.52 bits per heavy atom. The lowest BCUT2D eigenvalue weighted by molar-refractivity contribution is 0.215. The second kappa shape index (κ2) is 7.66. The van der Waals surface area contributed by atoms with Gasteiger partial charge in [0.25, 0.3) is 0 Å². The molecule has 1 aromatic carbocycles. The van der Waals surface area contributed by atoms with E-state index in [-0.39, 0.29) is 18.7 Å². The van der Waals surface area contributed by atoms with Crippen LogP contribution in [0, 0.1) is 5.92 Å². The van der Waals surface area contributed by atoms with E-state index >= 15 is 0 Å². The molecule has 1 heterocycles. The Morgan fingerprint density at radius 1 is 1.14 bits per heavy atom. The number of hydrogen-bond donors (Lipinski definition) is 2. The van der Waals surface area contributed by atoms with Crippen molar-refractivity contribution in [2.75, 3.05) is 19.8 Å². The third kappa shape index (κ3) is 4.61. The Balaban J connectivity index is 2.05. The highest BCUT2D eigenvalue weighted by Gasteiger charge is 2.17. The smallest absolute Gasteiger partial charge is 0.161 e. The minimum atomic E-state index is 0.121. The first-order valence-electron chi connectivity index (χ1n) is 7.86. The number of fused-ring (bicyclic) bond motifs is 1.